The minimum atomic E-state index is -0.289. The maximum absolute atomic E-state index is 12.6. The first-order valence-corrected chi connectivity index (χ1v) is 9.47. The van der Waals surface area contributed by atoms with Gasteiger partial charge in [0, 0.05) is 37.7 Å². The first-order chi connectivity index (χ1) is 13.7. The number of carbonyl (C=O) groups is 2. The van der Waals surface area contributed by atoms with Crippen LogP contribution in [-0.4, -0.2) is 52.6 Å². The molecule has 1 fully saturated rings. The van der Waals surface area contributed by atoms with E-state index in [-0.39, 0.29) is 18.0 Å². The summed E-state index contributed by atoms with van der Waals surface area (Å²) in [5, 5.41) is 6.26. The Morgan fingerprint density at radius 2 is 2.07 bits per heavy atom. The number of aromatic nitrogens is 2. The van der Waals surface area contributed by atoms with Crippen LogP contribution in [0.4, 0.5) is 10.5 Å². The number of likely N-dealkylation sites (tertiary alicyclic amines) is 1. The monoisotopic (exact) mass is 383 g/mol. The molecule has 2 aromatic rings. The molecule has 0 spiro atoms. The maximum Gasteiger partial charge on any atom is 0.409 e. The van der Waals surface area contributed by atoms with E-state index in [2.05, 4.69) is 20.6 Å². The third kappa shape index (κ3) is 5.42. The molecule has 0 aromatic carbocycles. The van der Waals surface area contributed by atoms with Gasteiger partial charge in [0.05, 0.1) is 30.1 Å². The van der Waals surface area contributed by atoms with Crippen molar-refractivity contribution in [2.75, 3.05) is 25.0 Å². The van der Waals surface area contributed by atoms with Crippen LogP contribution in [0.25, 0.3) is 0 Å². The highest BCUT2D eigenvalue weighted by Crippen LogP contribution is 2.14. The summed E-state index contributed by atoms with van der Waals surface area (Å²) in [6.07, 6.45) is 6.09. The summed E-state index contributed by atoms with van der Waals surface area (Å²) >= 11 is 0. The number of anilines is 1. The van der Waals surface area contributed by atoms with Gasteiger partial charge in [-0.2, -0.15) is 0 Å². The molecule has 1 saturated heterocycles. The third-order valence-corrected chi connectivity index (χ3v) is 4.56. The van der Waals surface area contributed by atoms with E-state index in [1.165, 1.54) is 0 Å². The van der Waals surface area contributed by atoms with Crippen molar-refractivity contribution in [3.05, 3.63) is 54.1 Å². The van der Waals surface area contributed by atoms with Crippen LogP contribution in [0.1, 0.15) is 35.8 Å². The highest BCUT2D eigenvalue weighted by molar-refractivity contribution is 5.94. The molecule has 0 atom stereocenters. The molecule has 2 aromatic heterocycles. The van der Waals surface area contributed by atoms with E-state index in [4.69, 9.17) is 4.74 Å². The van der Waals surface area contributed by atoms with Crippen molar-refractivity contribution in [3.8, 4) is 0 Å². The Hall–Kier alpha value is -3.16. The molecule has 8 heteroatoms. The highest BCUT2D eigenvalue weighted by atomic mass is 16.6. The second-order valence-electron chi connectivity index (χ2n) is 6.57. The SMILES string of the molecule is CCOC(=O)N1CCC(NC(=O)c2cncc(NCc3ccccn3)c2)CC1. The molecule has 3 rings (SSSR count). The Balaban J connectivity index is 1.50. The van der Waals surface area contributed by atoms with Gasteiger partial charge in [-0.05, 0) is 38.0 Å². The van der Waals surface area contributed by atoms with Gasteiger partial charge in [0.15, 0.2) is 0 Å². The van der Waals surface area contributed by atoms with E-state index in [0.29, 0.717) is 44.6 Å². The van der Waals surface area contributed by atoms with Crippen LogP contribution in [0.3, 0.4) is 0 Å². The van der Waals surface area contributed by atoms with E-state index < -0.39 is 0 Å². The molecule has 1 aliphatic rings. The first-order valence-electron chi connectivity index (χ1n) is 9.47. The van der Waals surface area contributed by atoms with Crippen LogP contribution < -0.4 is 10.6 Å². The van der Waals surface area contributed by atoms with Gasteiger partial charge in [-0.1, -0.05) is 6.07 Å². The minimum Gasteiger partial charge on any atom is -0.450 e. The Kier molecular flexibility index (Phi) is 6.78. The Morgan fingerprint density at radius 1 is 1.25 bits per heavy atom. The second kappa shape index (κ2) is 9.68. The third-order valence-electron chi connectivity index (χ3n) is 4.56. The van der Waals surface area contributed by atoms with Crippen molar-refractivity contribution in [1.29, 1.82) is 0 Å². The average Bonchev–Trinajstić information content (AvgIpc) is 2.74. The van der Waals surface area contributed by atoms with Gasteiger partial charge >= 0.3 is 6.09 Å². The number of hydrogen-bond donors (Lipinski definition) is 2. The van der Waals surface area contributed by atoms with Crippen molar-refractivity contribution in [1.82, 2.24) is 20.2 Å². The van der Waals surface area contributed by atoms with E-state index in [1.54, 1.807) is 36.5 Å². The lowest BCUT2D eigenvalue weighted by molar-refractivity contribution is 0.0860. The number of ether oxygens (including phenoxy) is 1. The lowest BCUT2D eigenvalue weighted by atomic mass is 10.0. The molecule has 0 bridgehead atoms. The van der Waals surface area contributed by atoms with E-state index in [1.807, 2.05) is 18.2 Å². The zero-order valence-corrected chi connectivity index (χ0v) is 15.9. The van der Waals surface area contributed by atoms with Crippen molar-refractivity contribution >= 4 is 17.7 Å². The Morgan fingerprint density at radius 3 is 2.79 bits per heavy atom. The standard InChI is InChI=1S/C20H25N5O3/c1-2-28-20(27)25-9-6-16(7-10-25)24-19(26)15-11-18(13-21-12-15)23-14-17-5-3-4-8-22-17/h3-5,8,11-13,16,23H,2,6-7,9-10,14H2,1H3,(H,24,26). The Bertz CT molecular complexity index is 791. The molecule has 28 heavy (non-hydrogen) atoms. The predicted molar refractivity (Wildman–Crippen MR) is 105 cm³/mol. The molecule has 1 aliphatic heterocycles. The number of carbonyl (C=O) groups excluding carboxylic acids is 2. The van der Waals surface area contributed by atoms with Crippen LogP contribution in [0.15, 0.2) is 42.9 Å². The minimum absolute atomic E-state index is 0.0308. The maximum atomic E-state index is 12.6. The van der Waals surface area contributed by atoms with Gasteiger partial charge in [-0.3, -0.25) is 14.8 Å². The highest BCUT2D eigenvalue weighted by Gasteiger charge is 2.24. The van der Waals surface area contributed by atoms with Crippen molar-refractivity contribution in [2.24, 2.45) is 0 Å². The topological polar surface area (TPSA) is 96.5 Å². The molecule has 3 heterocycles. The van der Waals surface area contributed by atoms with Crippen molar-refractivity contribution in [2.45, 2.75) is 32.4 Å². The fourth-order valence-corrected chi connectivity index (χ4v) is 3.05. The van der Waals surface area contributed by atoms with E-state index >= 15 is 0 Å². The van der Waals surface area contributed by atoms with Crippen molar-refractivity contribution in [3.63, 3.8) is 0 Å². The summed E-state index contributed by atoms with van der Waals surface area (Å²) in [5.74, 6) is -0.163. The van der Waals surface area contributed by atoms with Crippen LogP contribution in [0, 0.1) is 0 Å². The quantitative estimate of drug-likeness (QED) is 0.795. The summed E-state index contributed by atoms with van der Waals surface area (Å²) < 4.78 is 5.02. The normalized spacial score (nSPS) is 14.4. The Labute approximate surface area is 164 Å². The molecular formula is C20H25N5O3. The number of amides is 2. The van der Waals surface area contributed by atoms with Crippen LogP contribution >= 0.6 is 0 Å². The van der Waals surface area contributed by atoms with E-state index in [9.17, 15) is 9.59 Å². The molecule has 0 aliphatic carbocycles. The summed E-state index contributed by atoms with van der Waals surface area (Å²) in [7, 11) is 0. The smallest absolute Gasteiger partial charge is 0.409 e. The average molecular weight is 383 g/mol. The number of piperidine rings is 1. The summed E-state index contributed by atoms with van der Waals surface area (Å²) in [5.41, 5.74) is 2.17. The number of nitrogens with one attached hydrogen (secondary N) is 2. The van der Waals surface area contributed by atoms with Gasteiger partial charge < -0.3 is 20.3 Å². The zero-order chi connectivity index (χ0) is 19.8. The number of rotatable bonds is 6. The largest absolute Gasteiger partial charge is 0.450 e. The second-order valence-corrected chi connectivity index (χ2v) is 6.57. The summed E-state index contributed by atoms with van der Waals surface area (Å²) in [6.45, 7) is 3.87. The van der Waals surface area contributed by atoms with Gasteiger partial charge in [0.2, 0.25) is 0 Å². The molecule has 2 N–H and O–H groups in total. The first kappa shape index (κ1) is 19.6. The molecule has 8 nitrogen and oxygen atoms in total. The van der Waals surface area contributed by atoms with Gasteiger partial charge in [0.1, 0.15) is 0 Å². The molecule has 0 unspecified atom stereocenters. The number of nitrogens with zero attached hydrogens (tertiary/aromatic N) is 3. The summed E-state index contributed by atoms with van der Waals surface area (Å²) in [4.78, 5) is 34.4. The molecular weight excluding hydrogens is 358 g/mol. The molecule has 148 valence electrons. The molecule has 0 saturated carbocycles. The lowest BCUT2D eigenvalue weighted by Crippen LogP contribution is -2.46. The molecule has 2 amide bonds. The van der Waals surface area contributed by atoms with Crippen LogP contribution in [0.2, 0.25) is 0 Å². The van der Waals surface area contributed by atoms with E-state index in [0.717, 1.165) is 11.4 Å². The lowest BCUT2D eigenvalue weighted by Gasteiger charge is -2.31. The number of pyridine rings is 2. The van der Waals surface area contributed by atoms with Gasteiger partial charge in [-0.25, -0.2) is 4.79 Å². The fourth-order valence-electron chi connectivity index (χ4n) is 3.05. The van der Waals surface area contributed by atoms with Gasteiger partial charge in [-0.15, -0.1) is 0 Å². The van der Waals surface area contributed by atoms with Crippen molar-refractivity contribution < 1.29 is 14.3 Å². The summed E-state index contributed by atoms with van der Waals surface area (Å²) in [6, 6.07) is 7.54. The molecule has 0 radical (unpaired) electrons. The van der Waals surface area contributed by atoms with Crippen LogP contribution in [-0.2, 0) is 11.3 Å². The van der Waals surface area contributed by atoms with Gasteiger partial charge in [0.25, 0.3) is 5.91 Å². The predicted octanol–water partition coefficient (Wildman–Crippen LogP) is 2.44. The van der Waals surface area contributed by atoms with Crippen LogP contribution in [0.5, 0.6) is 0 Å². The zero-order valence-electron chi connectivity index (χ0n) is 15.9. The number of hydrogen-bond acceptors (Lipinski definition) is 6. The fraction of sp³-hybridized carbons (Fsp3) is 0.400.